The van der Waals surface area contributed by atoms with Gasteiger partial charge in [-0.05, 0) is 23.8 Å². The first-order valence-electron chi connectivity index (χ1n) is 8.43. The molecule has 4 nitrogen and oxygen atoms in total. The van der Waals surface area contributed by atoms with Crippen molar-refractivity contribution in [3.8, 4) is 11.1 Å². The number of rotatable bonds is 4. The highest BCUT2D eigenvalue weighted by Gasteiger charge is 2.29. The lowest BCUT2D eigenvalue weighted by molar-refractivity contribution is 0.218. The van der Waals surface area contributed by atoms with Gasteiger partial charge in [0.05, 0.1) is 12.2 Å². The van der Waals surface area contributed by atoms with E-state index in [1.165, 1.54) is 0 Å². The Kier molecular flexibility index (Phi) is 4.17. The number of hydrogen-bond acceptors (Lipinski definition) is 2. The lowest BCUT2D eigenvalue weighted by Gasteiger charge is -2.18. The van der Waals surface area contributed by atoms with Gasteiger partial charge in [0, 0.05) is 30.5 Å². The Hall–Kier alpha value is -3.14. The first-order chi connectivity index (χ1) is 12.3. The molecule has 0 bridgehead atoms. The Morgan fingerprint density at radius 1 is 0.800 bits per heavy atom. The number of urea groups is 1. The van der Waals surface area contributed by atoms with Gasteiger partial charge in [-0.2, -0.15) is 0 Å². The van der Waals surface area contributed by atoms with E-state index in [4.69, 9.17) is 0 Å². The maximum Gasteiger partial charge on any atom is 0.324 e. The monoisotopic (exact) mass is 329 g/mol. The smallest absolute Gasteiger partial charge is 0.317 e. The Bertz CT molecular complexity index is 847. The van der Waals surface area contributed by atoms with Gasteiger partial charge in [0.15, 0.2) is 0 Å². The van der Waals surface area contributed by atoms with Gasteiger partial charge in [0.25, 0.3) is 0 Å². The molecule has 4 rings (SSSR count). The number of benzene rings is 2. The van der Waals surface area contributed by atoms with Crippen LogP contribution in [0.5, 0.6) is 0 Å². The Morgan fingerprint density at radius 3 is 2.20 bits per heavy atom. The van der Waals surface area contributed by atoms with E-state index in [2.05, 4.69) is 23.2 Å². The maximum atomic E-state index is 12.6. The summed E-state index contributed by atoms with van der Waals surface area (Å²) in [6.07, 6.45) is 1.88. The lowest BCUT2D eigenvalue weighted by atomic mass is 10.1. The zero-order valence-electron chi connectivity index (χ0n) is 13.9. The summed E-state index contributed by atoms with van der Waals surface area (Å²) in [5.41, 5.74) is 4.09. The predicted molar refractivity (Wildman–Crippen MR) is 99.3 cm³/mol. The summed E-state index contributed by atoms with van der Waals surface area (Å²) in [4.78, 5) is 20.8. The molecule has 124 valence electrons. The molecule has 3 aromatic rings. The number of amides is 2. The van der Waals surface area contributed by atoms with E-state index in [0.717, 1.165) is 29.1 Å². The van der Waals surface area contributed by atoms with Gasteiger partial charge in [-0.25, -0.2) is 4.79 Å². The second kappa shape index (κ2) is 6.77. The Morgan fingerprint density at radius 2 is 1.52 bits per heavy atom. The molecule has 1 fully saturated rings. The van der Waals surface area contributed by atoms with Crippen LogP contribution in [0.2, 0.25) is 0 Å². The predicted octanol–water partition coefficient (Wildman–Crippen LogP) is 4.19. The molecule has 4 heteroatoms. The number of aromatic nitrogens is 1. The summed E-state index contributed by atoms with van der Waals surface area (Å²) in [6.45, 7) is 1.97. The molecule has 2 amide bonds. The Balaban J connectivity index is 1.45. The number of para-hydroxylation sites is 1. The van der Waals surface area contributed by atoms with Crippen molar-refractivity contribution in [1.29, 1.82) is 0 Å². The second-order valence-corrected chi connectivity index (χ2v) is 6.10. The van der Waals surface area contributed by atoms with Crippen LogP contribution in [0.4, 0.5) is 10.5 Å². The highest BCUT2D eigenvalue weighted by atomic mass is 16.2. The third kappa shape index (κ3) is 3.24. The van der Waals surface area contributed by atoms with Crippen molar-refractivity contribution in [2.24, 2.45) is 0 Å². The summed E-state index contributed by atoms with van der Waals surface area (Å²) < 4.78 is 0. The SMILES string of the molecule is O=C1N(Cc2ccc(-c3ccccc3)cn2)CCN1c1ccccc1. The number of carbonyl (C=O) groups is 1. The summed E-state index contributed by atoms with van der Waals surface area (Å²) in [6, 6.07) is 24.1. The quantitative estimate of drug-likeness (QED) is 0.719. The molecule has 1 aliphatic heterocycles. The van der Waals surface area contributed by atoms with Crippen molar-refractivity contribution >= 4 is 11.7 Å². The molecule has 0 aliphatic carbocycles. The van der Waals surface area contributed by atoms with E-state index in [0.29, 0.717) is 13.1 Å². The number of anilines is 1. The van der Waals surface area contributed by atoms with Gasteiger partial charge in [-0.15, -0.1) is 0 Å². The molecule has 0 radical (unpaired) electrons. The van der Waals surface area contributed by atoms with Crippen LogP contribution in [0.3, 0.4) is 0 Å². The second-order valence-electron chi connectivity index (χ2n) is 6.10. The number of hydrogen-bond donors (Lipinski definition) is 0. The van der Waals surface area contributed by atoms with Gasteiger partial charge in [-0.1, -0.05) is 54.6 Å². The topological polar surface area (TPSA) is 36.4 Å². The standard InChI is InChI=1S/C21H19N3O/c25-21-23(13-14-24(21)20-9-5-2-6-10-20)16-19-12-11-18(15-22-19)17-7-3-1-4-8-17/h1-12,15H,13-14,16H2. The molecule has 0 N–H and O–H groups in total. The van der Waals surface area contributed by atoms with Crippen LogP contribution in [-0.4, -0.2) is 29.0 Å². The minimum atomic E-state index is 0.0418. The van der Waals surface area contributed by atoms with E-state index in [1.807, 2.05) is 70.6 Å². The van der Waals surface area contributed by atoms with Crippen LogP contribution in [0.25, 0.3) is 11.1 Å². The average molecular weight is 329 g/mol. The summed E-state index contributed by atoms with van der Waals surface area (Å²) >= 11 is 0. The van der Waals surface area contributed by atoms with Crippen molar-refractivity contribution in [2.75, 3.05) is 18.0 Å². The molecule has 1 aromatic heterocycles. The summed E-state index contributed by atoms with van der Waals surface area (Å²) in [5, 5.41) is 0. The van der Waals surface area contributed by atoms with E-state index in [9.17, 15) is 4.79 Å². The number of carbonyl (C=O) groups excluding carboxylic acids is 1. The highest BCUT2D eigenvalue weighted by molar-refractivity contribution is 5.94. The zero-order chi connectivity index (χ0) is 17.1. The van der Waals surface area contributed by atoms with Crippen molar-refractivity contribution in [1.82, 2.24) is 9.88 Å². The van der Waals surface area contributed by atoms with E-state index in [-0.39, 0.29) is 6.03 Å². The van der Waals surface area contributed by atoms with Crippen LogP contribution in [0.15, 0.2) is 79.0 Å². The van der Waals surface area contributed by atoms with Gasteiger partial charge < -0.3 is 4.90 Å². The molecular formula is C21H19N3O. The fraction of sp³-hybridized carbons (Fsp3) is 0.143. The van der Waals surface area contributed by atoms with Crippen LogP contribution in [0.1, 0.15) is 5.69 Å². The van der Waals surface area contributed by atoms with Gasteiger partial charge in [-0.3, -0.25) is 9.88 Å². The number of pyridine rings is 1. The molecule has 0 atom stereocenters. The van der Waals surface area contributed by atoms with Crippen molar-refractivity contribution in [3.63, 3.8) is 0 Å². The lowest BCUT2D eigenvalue weighted by Crippen LogP contribution is -2.31. The van der Waals surface area contributed by atoms with Gasteiger partial charge >= 0.3 is 6.03 Å². The third-order valence-electron chi connectivity index (χ3n) is 4.45. The largest absolute Gasteiger partial charge is 0.324 e. The van der Waals surface area contributed by atoms with Crippen LogP contribution in [0, 0.1) is 0 Å². The van der Waals surface area contributed by atoms with E-state index < -0.39 is 0 Å². The molecule has 25 heavy (non-hydrogen) atoms. The van der Waals surface area contributed by atoms with Crippen molar-refractivity contribution in [2.45, 2.75) is 6.54 Å². The first-order valence-corrected chi connectivity index (χ1v) is 8.43. The summed E-state index contributed by atoms with van der Waals surface area (Å²) in [7, 11) is 0. The van der Waals surface area contributed by atoms with Crippen LogP contribution < -0.4 is 4.90 Å². The zero-order valence-corrected chi connectivity index (χ0v) is 13.9. The molecule has 0 spiro atoms. The summed E-state index contributed by atoms with van der Waals surface area (Å²) in [5.74, 6) is 0. The van der Waals surface area contributed by atoms with Crippen LogP contribution >= 0.6 is 0 Å². The average Bonchev–Trinajstić information content (AvgIpc) is 3.04. The first kappa shape index (κ1) is 15.4. The van der Waals surface area contributed by atoms with Gasteiger partial charge in [0.1, 0.15) is 0 Å². The molecular weight excluding hydrogens is 310 g/mol. The molecule has 1 saturated heterocycles. The fourth-order valence-electron chi connectivity index (χ4n) is 3.09. The van der Waals surface area contributed by atoms with E-state index in [1.54, 1.807) is 0 Å². The van der Waals surface area contributed by atoms with Crippen molar-refractivity contribution in [3.05, 3.63) is 84.7 Å². The fourth-order valence-corrected chi connectivity index (χ4v) is 3.09. The molecule has 0 unspecified atom stereocenters. The molecule has 2 heterocycles. The molecule has 0 saturated carbocycles. The normalized spacial score (nSPS) is 14.2. The molecule has 2 aromatic carbocycles. The van der Waals surface area contributed by atoms with Crippen molar-refractivity contribution < 1.29 is 4.79 Å². The Labute approximate surface area is 147 Å². The minimum Gasteiger partial charge on any atom is -0.317 e. The third-order valence-corrected chi connectivity index (χ3v) is 4.45. The highest BCUT2D eigenvalue weighted by Crippen LogP contribution is 2.22. The minimum absolute atomic E-state index is 0.0418. The van der Waals surface area contributed by atoms with Crippen LogP contribution in [-0.2, 0) is 6.54 Å². The number of nitrogens with zero attached hydrogens (tertiary/aromatic N) is 3. The molecule has 1 aliphatic rings. The maximum absolute atomic E-state index is 12.6. The van der Waals surface area contributed by atoms with Gasteiger partial charge in [0.2, 0.25) is 0 Å². The van der Waals surface area contributed by atoms with E-state index >= 15 is 0 Å².